The van der Waals surface area contributed by atoms with Gasteiger partial charge in [-0.3, -0.25) is 9.69 Å². The lowest BCUT2D eigenvalue weighted by molar-refractivity contribution is -0.130. The minimum atomic E-state index is -1.13. The summed E-state index contributed by atoms with van der Waals surface area (Å²) in [5.41, 5.74) is 6.48. The predicted molar refractivity (Wildman–Crippen MR) is 85.0 cm³/mol. The number of aliphatic hydroxyl groups is 1. The molecule has 114 valence electrons. The van der Waals surface area contributed by atoms with Gasteiger partial charge < -0.3 is 10.8 Å². The second kappa shape index (κ2) is 5.77. The lowest BCUT2D eigenvalue weighted by Gasteiger charge is -2.28. The topological polar surface area (TPSA) is 78.9 Å². The number of nitrogens with two attached hydrogens (primary N) is 1. The molecule has 0 aromatic heterocycles. The van der Waals surface area contributed by atoms with E-state index in [9.17, 15) is 9.90 Å². The summed E-state index contributed by atoms with van der Waals surface area (Å²) in [6.07, 6.45) is 7.89. The van der Waals surface area contributed by atoms with Crippen LogP contribution in [0.2, 0.25) is 0 Å². The summed E-state index contributed by atoms with van der Waals surface area (Å²) in [6, 6.07) is 9.46. The lowest BCUT2D eigenvalue weighted by atomic mass is 9.80. The van der Waals surface area contributed by atoms with Crippen LogP contribution in [0, 0.1) is 0 Å². The zero-order valence-corrected chi connectivity index (χ0v) is 12.3. The molecule has 1 heterocycles. The van der Waals surface area contributed by atoms with E-state index >= 15 is 0 Å². The molecule has 1 unspecified atom stereocenters. The number of amides is 1. The standard InChI is InChI=1S/C17H19N3O2/c18-16-19-17(13-7-3-1-4-8-13,14-9-5-2-6-10-14)15(22)20(16)11-12-21/h1,3-5,7-10,21H,2,6,11-12H2,(H2,18,19). The number of hydrogen-bond donors (Lipinski definition) is 2. The molecule has 1 amide bonds. The third-order valence-corrected chi connectivity index (χ3v) is 4.04. The molecule has 1 aromatic carbocycles. The van der Waals surface area contributed by atoms with Crippen molar-refractivity contribution in [1.82, 2.24) is 4.90 Å². The molecule has 0 saturated carbocycles. The van der Waals surface area contributed by atoms with Gasteiger partial charge in [-0.05, 0) is 24.0 Å². The summed E-state index contributed by atoms with van der Waals surface area (Å²) in [5, 5.41) is 9.18. The number of hydrogen-bond acceptors (Lipinski definition) is 4. The Hall–Kier alpha value is -2.40. The molecule has 1 aliphatic carbocycles. The quantitative estimate of drug-likeness (QED) is 0.879. The van der Waals surface area contributed by atoms with E-state index in [-0.39, 0.29) is 25.0 Å². The fourth-order valence-corrected chi connectivity index (χ4v) is 3.00. The van der Waals surface area contributed by atoms with E-state index in [1.54, 1.807) is 0 Å². The Balaban J connectivity index is 2.16. The summed E-state index contributed by atoms with van der Waals surface area (Å²) < 4.78 is 0. The monoisotopic (exact) mass is 297 g/mol. The molecule has 0 bridgehead atoms. The van der Waals surface area contributed by atoms with Gasteiger partial charge >= 0.3 is 0 Å². The predicted octanol–water partition coefficient (Wildman–Crippen LogP) is 1.31. The van der Waals surface area contributed by atoms with Gasteiger partial charge in [0.2, 0.25) is 0 Å². The highest BCUT2D eigenvalue weighted by molar-refractivity contribution is 6.09. The number of rotatable bonds is 4. The normalized spacial score (nSPS) is 24.4. The van der Waals surface area contributed by atoms with Gasteiger partial charge in [0.05, 0.1) is 13.2 Å². The fraction of sp³-hybridized carbons (Fsp3) is 0.294. The molecule has 0 spiro atoms. The van der Waals surface area contributed by atoms with Crippen LogP contribution >= 0.6 is 0 Å². The van der Waals surface area contributed by atoms with Gasteiger partial charge in [-0.25, -0.2) is 4.99 Å². The second-order valence-corrected chi connectivity index (χ2v) is 5.37. The van der Waals surface area contributed by atoms with Crippen molar-refractivity contribution in [3.63, 3.8) is 0 Å². The molecule has 0 fully saturated rings. The number of aliphatic hydroxyl groups excluding tert-OH is 1. The third-order valence-electron chi connectivity index (χ3n) is 4.04. The Morgan fingerprint density at radius 2 is 2.05 bits per heavy atom. The maximum atomic E-state index is 13.1. The van der Waals surface area contributed by atoms with Gasteiger partial charge in [-0.1, -0.05) is 48.6 Å². The molecule has 3 rings (SSSR count). The number of benzene rings is 1. The number of carbonyl (C=O) groups is 1. The van der Waals surface area contributed by atoms with Crippen molar-refractivity contribution in [2.24, 2.45) is 10.7 Å². The van der Waals surface area contributed by atoms with Crippen LogP contribution in [0.15, 0.2) is 59.1 Å². The average Bonchev–Trinajstić information content (AvgIpc) is 2.82. The van der Waals surface area contributed by atoms with Crippen molar-refractivity contribution >= 4 is 11.9 Å². The number of β-amino-alcohol motifs (C(OH)–C–C–N with tert-alkyl or cyclic N) is 1. The Morgan fingerprint density at radius 3 is 2.68 bits per heavy atom. The number of aliphatic imine (C=N–C) groups is 1. The summed E-state index contributed by atoms with van der Waals surface area (Å²) in [4.78, 5) is 19.0. The molecule has 1 aliphatic heterocycles. The zero-order valence-electron chi connectivity index (χ0n) is 12.3. The second-order valence-electron chi connectivity index (χ2n) is 5.37. The highest BCUT2D eigenvalue weighted by Gasteiger charge is 2.51. The van der Waals surface area contributed by atoms with Crippen LogP contribution in [-0.4, -0.2) is 35.0 Å². The number of carbonyl (C=O) groups excluding carboxylic acids is 1. The highest BCUT2D eigenvalue weighted by atomic mass is 16.3. The fourth-order valence-electron chi connectivity index (χ4n) is 3.00. The lowest BCUT2D eigenvalue weighted by Crippen LogP contribution is -2.45. The van der Waals surface area contributed by atoms with E-state index in [1.807, 2.05) is 48.6 Å². The zero-order chi connectivity index (χ0) is 15.6. The van der Waals surface area contributed by atoms with Gasteiger partial charge in [0.25, 0.3) is 5.91 Å². The smallest absolute Gasteiger partial charge is 0.266 e. The molecule has 3 N–H and O–H groups in total. The summed E-state index contributed by atoms with van der Waals surface area (Å²) >= 11 is 0. The van der Waals surface area contributed by atoms with Crippen molar-refractivity contribution in [3.8, 4) is 0 Å². The van der Waals surface area contributed by atoms with Crippen LogP contribution in [0.3, 0.4) is 0 Å². The minimum Gasteiger partial charge on any atom is -0.395 e. The van der Waals surface area contributed by atoms with Crippen molar-refractivity contribution in [2.45, 2.75) is 18.4 Å². The van der Waals surface area contributed by atoms with E-state index in [1.165, 1.54) is 4.90 Å². The van der Waals surface area contributed by atoms with Crippen LogP contribution in [0.25, 0.3) is 0 Å². The molecule has 5 heteroatoms. The molecule has 0 radical (unpaired) electrons. The first-order valence-electron chi connectivity index (χ1n) is 7.41. The average molecular weight is 297 g/mol. The van der Waals surface area contributed by atoms with Gasteiger partial charge in [-0.15, -0.1) is 0 Å². The number of guanidine groups is 1. The van der Waals surface area contributed by atoms with Crippen LogP contribution in [0.5, 0.6) is 0 Å². The minimum absolute atomic E-state index is 0.151. The van der Waals surface area contributed by atoms with Crippen molar-refractivity contribution in [3.05, 3.63) is 59.7 Å². The Kier molecular flexibility index (Phi) is 3.81. The van der Waals surface area contributed by atoms with Crippen molar-refractivity contribution in [1.29, 1.82) is 0 Å². The summed E-state index contributed by atoms with van der Waals surface area (Å²) in [6.45, 7) is 0.00145. The Morgan fingerprint density at radius 1 is 1.27 bits per heavy atom. The molecule has 2 aliphatic rings. The molecular formula is C17H19N3O2. The Labute approximate surface area is 129 Å². The van der Waals surface area contributed by atoms with Crippen molar-refractivity contribution < 1.29 is 9.90 Å². The molecule has 22 heavy (non-hydrogen) atoms. The maximum Gasteiger partial charge on any atom is 0.266 e. The summed E-state index contributed by atoms with van der Waals surface area (Å²) in [5.74, 6) is -0.0502. The van der Waals surface area contributed by atoms with Gasteiger partial charge in [0.1, 0.15) is 0 Å². The van der Waals surface area contributed by atoms with E-state index in [4.69, 9.17) is 5.73 Å². The molecule has 1 atom stereocenters. The number of nitrogens with zero attached hydrogens (tertiary/aromatic N) is 2. The van der Waals surface area contributed by atoms with Crippen LogP contribution in [0.1, 0.15) is 18.4 Å². The van der Waals surface area contributed by atoms with Gasteiger partial charge in [0.15, 0.2) is 11.5 Å². The van der Waals surface area contributed by atoms with E-state index in [2.05, 4.69) is 4.99 Å². The molecule has 0 saturated heterocycles. The molecule has 1 aromatic rings. The van der Waals surface area contributed by atoms with E-state index < -0.39 is 5.54 Å². The maximum absolute atomic E-state index is 13.1. The summed E-state index contributed by atoms with van der Waals surface area (Å²) in [7, 11) is 0. The van der Waals surface area contributed by atoms with Gasteiger partial charge in [0, 0.05) is 0 Å². The highest BCUT2D eigenvalue weighted by Crippen LogP contribution is 2.41. The van der Waals surface area contributed by atoms with Gasteiger partial charge in [-0.2, -0.15) is 0 Å². The van der Waals surface area contributed by atoms with E-state index in [0.29, 0.717) is 0 Å². The van der Waals surface area contributed by atoms with Crippen LogP contribution in [0.4, 0.5) is 0 Å². The SMILES string of the molecule is NC1=NC(C2=CCCC=C2)(c2ccccc2)C(=O)N1CCO. The van der Waals surface area contributed by atoms with Crippen molar-refractivity contribution in [2.75, 3.05) is 13.2 Å². The van der Waals surface area contributed by atoms with Crippen LogP contribution in [-0.2, 0) is 10.3 Å². The largest absolute Gasteiger partial charge is 0.395 e. The van der Waals surface area contributed by atoms with E-state index in [0.717, 1.165) is 24.0 Å². The van der Waals surface area contributed by atoms with Crippen LogP contribution < -0.4 is 5.73 Å². The Bertz CT molecular complexity index is 664. The third kappa shape index (κ3) is 2.14. The first kappa shape index (κ1) is 14.5. The molecular weight excluding hydrogens is 278 g/mol. The first-order valence-corrected chi connectivity index (χ1v) is 7.41. The first-order chi connectivity index (χ1) is 10.7. The molecule has 5 nitrogen and oxygen atoms in total. The number of allylic oxidation sites excluding steroid dienone is 2.